The molecular formula is C48H82NO11P. The molecule has 0 saturated heterocycles. The Bertz CT molecular complexity index is 1490. The van der Waals surface area contributed by atoms with E-state index in [9.17, 15) is 29.3 Å². The van der Waals surface area contributed by atoms with Gasteiger partial charge in [0.25, 0.3) is 7.82 Å². The van der Waals surface area contributed by atoms with E-state index in [4.69, 9.17) is 22.9 Å². The van der Waals surface area contributed by atoms with Crippen LogP contribution in [0.5, 0.6) is 0 Å². The Balaban J connectivity index is 2.45. The molecule has 0 saturated carbocycles. The van der Waals surface area contributed by atoms with Crippen LogP contribution in [-0.4, -0.2) is 92.5 Å². The highest BCUT2D eigenvalue weighted by atomic mass is 31.2. The van der Waals surface area contributed by atoms with E-state index in [1.165, 1.54) is 30.4 Å². The Morgan fingerprint density at radius 1 is 0.721 bits per heavy atom. The highest BCUT2D eigenvalue weighted by Crippen LogP contribution is 2.38. The summed E-state index contributed by atoms with van der Waals surface area (Å²) in [5, 5.41) is 20.3. The van der Waals surface area contributed by atoms with Gasteiger partial charge in [-0.05, 0) is 76.3 Å². The number of allylic oxidation sites excluding steroid dienone is 5. The van der Waals surface area contributed by atoms with Crippen LogP contribution in [0.15, 0.2) is 53.0 Å². The quantitative estimate of drug-likeness (QED) is 0.0163. The van der Waals surface area contributed by atoms with Crippen molar-refractivity contribution >= 4 is 19.8 Å². The second kappa shape index (κ2) is 33.7. The van der Waals surface area contributed by atoms with Crippen molar-refractivity contribution in [2.45, 2.75) is 174 Å². The summed E-state index contributed by atoms with van der Waals surface area (Å²) in [7, 11) is 1.00. The molecule has 0 bridgehead atoms. The summed E-state index contributed by atoms with van der Waals surface area (Å²) in [6.07, 6.45) is 29.1. The summed E-state index contributed by atoms with van der Waals surface area (Å²) < 4.78 is 39.9. The molecule has 1 unspecified atom stereocenters. The molecular weight excluding hydrogens is 797 g/mol. The zero-order valence-corrected chi connectivity index (χ0v) is 39.7. The molecule has 0 aromatic carbocycles. The molecule has 0 aliphatic carbocycles. The van der Waals surface area contributed by atoms with Gasteiger partial charge in [-0.2, -0.15) is 0 Å². The second-order valence-electron chi connectivity index (χ2n) is 17.0. The number of esters is 2. The van der Waals surface area contributed by atoms with Crippen molar-refractivity contribution < 1.29 is 56.7 Å². The van der Waals surface area contributed by atoms with E-state index in [2.05, 4.69) is 33.8 Å². The Morgan fingerprint density at radius 3 is 1.97 bits per heavy atom. The zero-order chi connectivity index (χ0) is 45.4. The van der Waals surface area contributed by atoms with E-state index in [1.807, 2.05) is 27.2 Å². The van der Waals surface area contributed by atoms with Crippen LogP contribution in [0.4, 0.5) is 0 Å². The van der Waals surface area contributed by atoms with Crippen LogP contribution >= 0.6 is 7.82 Å². The van der Waals surface area contributed by atoms with Crippen molar-refractivity contribution in [2.75, 3.05) is 47.5 Å². The molecule has 0 radical (unpaired) electrons. The number of furan rings is 1. The fourth-order valence-electron chi connectivity index (χ4n) is 6.31. The number of aliphatic hydroxyl groups is 2. The molecule has 0 aliphatic heterocycles. The minimum atomic E-state index is -4.70. The number of hydrogen-bond acceptors (Lipinski definition) is 11. The second-order valence-corrected chi connectivity index (χ2v) is 18.5. The average molecular weight is 880 g/mol. The van der Waals surface area contributed by atoms with Gasteiger partial charge in [-0.1, -0.05) is 114 Å². The van der Waals surface area contributed by atoms with Crippen LogP contribution in [0, 0.1) is 13.8 Å². The number of unbranched alkanes of at least 4 members (excludes halogenated alkanes) is 10. The van der Waals surface area contributed by atoms with E-state index in [1.54, 1.807) is 36.5 Å². The zero-order valence-electron chi connectivity index (χ0n) is 38.8. The van der Waals surface area contributed by atoms with Gasteiger partial charge >= 0.3 is 11.9 Å². The number of aryl methyl sites for hydroxylation is 2. The number of phosphoric ester groups is 1. The van der Waals surface area contributed by atoms with E-state index >= 15 is 0 Å². The Hall–Kier alpha value is -2.83. The van der Waals surface area contributed by atoms with Gasteiger partial charge in [-0.3, -0.25) is 14.2 Å². The standard InChI is InChI=1S/C48H82NO11P/c1-8-10-11-12-17-22-29-42(50)30-23-20-21-24-31-43(51)32-27-35-47(52)56-38-44(39-58-61(54,55)57-37-36-49(5,6)7)59-48(53)34-26-19-16-14-13-15-18-25-33-46-41(4)40(3)45(60-46)28-9-2/h17,20-24,30-31,42-44,50-51H,8-16,18-19,25-29,32-39H2,1-7H3/b21-20+,22-17-,30-23+,31-24-/t42-,43-,44-/m1/s1. The summed E-state index contributed by atoms with van der Waals surface area (Å²) in [6, 6.07) is 0. The van der Waals surface area contributed by atoms with Gasteiger partial charge in [-0.25, -0.2) is 0 Å². The lowest BCUT2D eigenvalue weighted by atomic mass is 10.0. The monoisotopic (exact) mass is 880 g/mol. The maximum absolute atomic E-state index is 12.7. The molecule has 4 atom stereocenters. The first-order valence-corrected chi connectivity index (χ1v) is 24.4. The van der Waals surface area contributed by atoms with Crippen LogP contribution in [0.1, 0.15) is 152 Å². The van der Waals surface area contributed by atoms with E-state index in [0.717, 1.165) is 82.1 Å². The average Bonchev–Trinajstić information content (AvgIpc) is 3.46. The summed E-state index contributed by atoms with van der Waals surface area (Å²) in [4.78, 5) is 37.7. The smallest absolute Gasteiger partial charge is 0.306 e. The lowest BCUT2D eigenvalue weighted by molar-refractivity contribution is -0.870. The SMILES string of the molecule is CCCCC/C=C\C[C@@H](O)/C=C/C=C/C=C\[C@@H](O)CCCC(=O)OC[C@H](COP(=O)([O-])OCC[N+](C)(C)C)OC(=O)CCCCCCCCCCc1oc(CCC)c(C)c1C. The highest BCUT2D eigenvalue weighted by Gasteiger charge is 2.22. The Kier molecular flexibility index (Phi) is 31.0. The van der Waals surface area contributed by atoms with Crippen molar-refractivity contribution in [2.24, 2.45) is 0 Å². The minimum absolute atomic E-state index is 0.00733. The largest absolute Gasteiger partial charge is 0.756 e. The van der Waals surface area contributed by atoms with Crippen molar-refractivity contribution in [3.8, 4) is 0 Å². The molecule has 13 heteroatoms. The van der Waals surface area contributed by atoms with Crippen molar-refractivity contribution in [3.05, 3.63) is 71.3 Å². The fraction of sp³-hybridized carbons (Fsp3) is 0.708. The number of rotatable bonds is 37. The maximum atomic E-state index is 12.7. The number of likely N-dealkylation sites (N-methyl/N-ethyl adjacent to an activating group) is 1. The topological polar surface area (TPSA) is 165 Å². The summed E-state index contributed by atoms with van der Waals surface area (Å²) in [5.41, 5.74) is 2.59. The van der Waals surface area contributed by atoms with Crippen molar-refractivity contribution in [1.82, 2.24) is 0 Å². The van der Waals surface area contributed by atoms with Gasteiger partial charge in [0.1, 0.15) is 31.3 Å². The fourth-order valence-corrected chi connectivity index (χ4v) is 7.03. The Morgan fingerprint density at radius 2 is 1.33 bits per heavy atom. The maximum Gasteiger partial charge on any atom is 0.306 e. The first-order chi connectivity index (χ1) is 29.1. The number of aliphatic hydroxyl groups excluding tert-OH is 2. The molecule has 2 N–H and O–H groups in total. The highest BCUT2D eigenvalue weighted by molar-refractivity contribution is 7.45. The van der Waals surface area contributed by atoms with Crippen molar-refractivity contribution in [3.63, 3.8) is 0 Å². The number of hydrogen-bond donors (Lipinski definition) is 2. The number of nitrogens with zero attached hydrogens (tertiary/aromatic N) is 1. The first kappa shape index (κ1) is 56.2. The predicted octanol–water partition coefficient (Wildman–Crippen LogP) is 9.65. The number of carbonyl (C=O) groups is 2. The minimum Gasteiger partial charge on any atom is -0.756 e. The summed E-state index contributed by atoms with van der Waals surface area (Å²) in [5.74, 6) is 1.16. The molecule has 1 rings (SSSR count). The third kappa shape index (κ3) is 30.8. The van der Waals surface area contributed by atoms with E-state index in [0.29, 0.717) is 36.7 Å². The van der Waals surface area contributed by atoms with Gasteiger partial charge in [0, 0.05) is 25.7 Å². The lowest BCUT2D eigenvalue weighted by Gasteiger charge is -2.28. The number of phosphoric acid groups is 1. The first-order valence-electron chi connectivity index (χ1n) is 22.9. The van der Waals surface area contributed by atoms with Gasteiger partial charge in [0.05, 0.1) is 40.0 Å². The van der Waals surface area contributed by atoms with Crippen LogP contribution in [0.25, 0.3) is 0 Å². The summed E-state index contributed by atoms with van der Waals surface area (Å²) in [6.45, 7) is 8.06. The number of carbonyl (C=O) groups excluding carboxylic acids is 2. The molecule has 61 heavy (non-hydrogen) atoms. The molecule has 0 aliphatic rings. The Labute approximate surface area is 368 Å². The normalized spacial score (nSPS) is 15.0. The van der Waals surface area contributed by atoms with Gasteiger partial charge in [-0.15, -0.1) is 0 Å². The van der Waals surface area contributed by atoms with Crippen LogP contribution < -0.4 is 4.89 Å². The van der Waals surface area contributed by atoms with Crippen LogP contribution in [-0.2, 0) is 45.5 Å². The van der Waals surface area contributed by atoms with Crippen LogP contribution in [0.2, 0.25) is 0 Å². The summed E-state index contributed by atoms with van der Waals surface area (Å²) >= 11 is 0. The van der Waals surface area contributed by atoms with E-state index in [-0.39, 0.29) is 26.1 Å². The molecule has 1 aromatic rings. The molecule has 1 aromatic heterocycles. The predicted molar refractivity (Wildman–Crippen MR) is 242 cm³/mol. The molecule has 1 heterocycles. The van der Waals surface area contributed by atoms with Gasteiger partial charge in [0.2, 0.25) is 0 Å². The lowest BCUT2D eigenvalue weighted by Crippen LogP contribution is -2.37. The van der Waals surface area contributed by atoms with Gasteiger partial charge in [0.15, 0.2) is 6.10 Å². The van der Waals surface area contributed by atoms with Gasteiger partial charge < -0.3 is 42.5 Å². The van der Waals surface area contributed by atoms with E-state index < -0.39 is 44.7 Å². The number of ether oxygens (including phenoxy) is 2. The molecule has 0 amide bonds. The van der Waals surface area contributed by atoms with Crippen molar-refractivity contribution in [1.29, 1.82) is 0 Å². The molecule has 0 spiro atoms. The molecule has 12 nitrogen and oxygen atoms in total. The third-order valence-corrected chi connectivity index (χ3v) is 11.2. The number of quaternary nitrogens is 1. The third-order valence-electron chi connectivity index (χ3n) is 10.2. The molecule has 350 valence electrons. The molecule has 0 fully saturated rings. The van der Waals surface area contributed by atoms with Crippen LogP contribution in [0.3, 0.4) is 0 Å².